The fourth-order valence-corrected chi connectivity index (χ4v) is 2.50. The summed E-state index contributed by atoms with van der Waals surface area (Å²) in [7, 11) is 0. The second-order valence-corrected chi connectivity index (χ2v) is 5.53. The van der Waals surface area contributed by atoms with E-state index in [1.165, 1.54) is 11.1 Å². The van der Waals surface area contributed by atoms with Crippen LogP contribution in [0.4, 0.5) is 0 Å². The van der Waals surface area contributed by atoms with Crippen LogP contribution in [0.1, 0.15) is 18.1 Å². The summed E-state index contributed by atoms with van der Waals surface area (Å²) in [6.07, 6.45) is 0.311. The fraction of sp³-hybridized carbons (Fsp3) is 0.333. The third-order valence-corrected chi connectivity index (χ3v) is 3.92. The lowest BCUT2D eigenvalue weighted by Crippen LogP contribution is -2.30. The smallest absolute Gasteiger partial charge is 0.104 e. The topological polar surface area (TPSA) is 21.8 Å². The SMILES string of the molecule is CC(COCC1CO1)(c1ccccc1)c1ccccc1. The monoisotopic (exact) mass is 268 g/mol. The number of rotatable bonds is 6. The van der Waals surface area contributed by atoms with Gasteiger partial charge in [-0.15, -0.1) is 0 Å². The molecule has 1 aliphatic rings. The van der Waals surface area contributed by atoms with Crippen LogP contribution in [0.2, 0.25) is 0 Å². The van der Waals surface area contributed by atoms with Crippen LogP contribution < -0.4 is 0 Å². The molecule has 0 spiro atoms. The van der Waals surface area contributed by atoms with Gasteiger partial charge in [-0.2, -0.15) is 0 Å². The first-order valence-corrected chi connectivity index (χ1v) is 7.09. The summed E-state index contributed by atoms with van der Waals surface area (Å²) in [4.78, 5) is 0. The maximum absolute atomic E-state index is 5.91. The van der Waals surface area contributed by atoms with Crippen molar-refractivity contribution < 1.29 is 9.47 Å². The average Bonchev–Trinajstić information content (AvgIpc) is 3.33. The van der Waals surface area contributed by atoms with Crippen molar-refractivity contribution in [1.82, 2.24) is 0 Å². The van der Waals surface area contributed by atoms with Crippen molar-refractivity contribution in [2.75, 3.05) is 19.8 Å². The molecule has 3 rings (SSSR count). The highest BCUT2D eigenvalue weighted by molar-refractivity contribution is 5.38. The first-order chi connectivity index (χ1) is 9.79. The Morgan fingerprint density at radius 2 is 1.50 bits per heavy atom. The minimum absolute atomic E-state index is 0.128. The minimum atomic E-state index is -0.128. The van der Waals surface area contributed by atoms with Crippen LogP contribution in [-0.2, 0) is 14.9 Å². The molecule has 0 aliphatic carbocycles. The molecule has 2 heteroatoms. The molecule has 1 aliphatic heterocycles. The Bertz CT molecular complexity index is 492. The second-order valence-electron chi connectivity index (χ2n) is 5.53. The zero-order valence-corrected chi connectivity index (χ0v) is 11.8. The summed E-state index contributed by atoms with van der Waals surface area (Å²) in [6.45, 7) is 4.44. The molecule has 2 nitrogen and oxygen atoms in total. The van der Waals surface area contributed by atoms with Gasteiger partial charge in [0.25, 0.3) is 0 Å². The molecule has 0 aromatic heterocycles. The first kappa shape index (κ1) is 13.3. The number of hydrogen-bond acceptors (Lipinski definition) is 2. The Morgan fingerprint density at radius 3 is 1.95 bits per heavy atom. The van der Waals surface area contributed by atoms with E-state index in [4.69, 9.17) is 9.47 Å². The zero-order valence-electron chi connectivity index (χ0n) is 11.8. The normalized spacial score (nSPS) is 17.9. The largest absolute Gasteiger partial charge is 0.377 e. The average molecular weight is 268 g/mol. The van der Waals surface area contributed by atoms with Crippen LogP contribution >= 0.6 is 0 Å². The van der Waals surface area contributed by atoms with Crippen molar-refractivity contribution in [2.45, 2.75) is 18.4 Å². The molecule has 2 aromatic rings. The van der Waals surface area contributed by atoms with Gasteiger partial charge in [0.1, 0.15) is 6.10 Å². The Morgan fingerprint density at radius 1 is 1.00 bits per heavy atom. The van der Waals surface area contributed by atoms with E-state index >= 15 is 0 Å². The zero-order chi connectivity index (χ0) is 13.8. The predicted molar refractivity (Wildman–Crippen MR) is 79.9 cm³/mol. The molecule has 1 fully saturated rings. The van der Waals surface area contributed by atoms with E-state index in [9.17, 15) is 0 Å². The maximum atomic E-state index is 5.91. The third kappa shape index (κ3) is 2.92. The second kappa shape index (κ2) is 5.78. The molecular formula is C18H20O2. The third-order valence-electron chi connectivity index (χ3n) is 3.92. The van der Waals surface area contributed by atoms with Gasteiger partial charge in [0, 0.05) is 5.41 Å². The maximum Gasteiger partial charge on any atom is 0.104 e. The van der Waals surface area contributed by atoms with Crippen LogP contribution in [0.15, 0.2) is 60.7 Å². The lowest BCUT2D eigenvalue weighted by Gasteiger charge is -2.30. The molecule has 0 N–H and O–H groups in total. The van der Waals surface area contributed by atoms with Crippen LogP contribution in [0.3, 0.4) is 0 Å². The number of hydrogen-bond donors (Lipinski definition) is 0. The number of ether oxygens (including phenoxy) is 2. The molecule has 1 heterocycles. The molecular weight excluding hydrogens is 248 g/mol. The van der Waals surface area contributed by atoms with Gasteiger partial charge in [-0.3, -0.25) is 0 Å². The highest BCUT2D eigenvalue weighted by atomic mass is 16.6. The summed E-state index contributed by atoms with van der Waals surface area (Å²) in [5.41, 5.74) is 2.43. The lowest BCUT2D eigenvalue weighted by atomic mass is 9.77. The standard InChI is InChI=1S/C18H20O2/c1-18(14-19-12-17-13-20-17,15-8-4-2-5-9-15)16-10-6-3-7-11-16/h2-11,17H,12-14H2,1H3. The van der Waals surface area contributed by atoms with Crippen LogP contribution in [-0.4, -0.2) is 25.9 Å². The summed E-state index contributed by atoms with van der Waals surface area (Å²) < 4.78 is 11.1. The molecule has 1 unspecified atom stereocenters. The predicted octanol–water partition coefficient (Wildman–Crippen LogP) is 3.41. The van der Waals surface area contributed by atoms with Crippen molar-refractivity contribution in [2.24, 2.45) is 0 Å². The number of benzene rings is 2. The van der Waals surface area contributed by atoms with Crippen molar-refractivity contribution in [1.29, 1.82) is 0 Å². The Hall–Kier alpha value is -1.64. The molecule has 1 atom stereocenters. The van der Waals surface area contributed by atoms with Crippen LogP contribution in [0, 0.1) is 0 Å². The summed E-state index contributed by atoms with van der Waals surface area (Å²) >= 11 is 0. The van der Waals surface area contributed by atoms with Gasteiger partial charge < -0.3 is 9.47 Å². The molecule has 2 aromatic carbocycles. The highest BCUT2D eigenvalue weighted by Crippen LogP contribution is 2.32. The minimum Gasteiger partial charge on any atom is -0.377 e. The van der Waals surface area contributed by atoms with Gasteiger partial charge >= 0.3 is 0 Å². The van der Waals surface area contributed by atoms with Crippen molar-refractivity contribution >= 4 is 0 Å². The van der Waals surface area contributed by atoms with Gasteiger partial charge in [-0.25, -0.2) is 0 Å². The summed E-state index contributed by atoms with van der Waals surface area (Å²) in [6, 6.07) is 21.1. The summed E-state index contributed by atoms with van der Waals surface area (Å²) in [5, 5.41) is 0. The van der Waals surface area contributed by atoms with Crippen LogP contribution in [0.25, 0.3) is 0 Å². The van der Waals surface area contributed by atoms with Gasteiger partial charge in [-0.1, -0.05) is 60.7 Å². The van der Waals surface area contributed by atoms with Crippen molar-refractivity contribution in [3.05, 3.63) is 71.8 Å². The van der Waals surface area contributed by atoms with E-state index in [-0.39, 0.29) is 5.41 Å². The molecule has 0 saturated carbocycles. The molecule has 0 radical (unpaired) electrons. The molecule has 104 valence electrons. The lowest BCUT2D eigenvalue weighted by molar-refractivity contribution is 0.0877. The Balaban J connectivity index is 1.85. The highest BCUT2D eigenvalue weighted by Gasteiger charge is 2.30. The molecule has 0 amide bonds. The van der Waals surface area contributed by atoms with E-state index in [1.54, 1.807) is 0 Å². The summed E-state index contributed by atoms with van der Waals surface area (Å²) in [5.74, 6) is 0. The van der Waals surface area contributed by atoms with Crippen molar-refractivity contribution in [3.8, 4) is 0 Å². The quantitative estimate of drug-likeness (QED) is 0.749. The van der Waals surface area contributed by atoms with E-state index < -0.39 is 0 Å². The van der Waals surface area contributed by atoms with E-state index in [2.05, 4.69) is 55.5 Å². The van der Waals surface area contributed by atoms with E-state index in [0.29, 0.717) is 19.3 Å². The first-order valence-electron chi connectivity index (χ1n) is 7.09. The van der Waals surface area contributed by atoms with Crippen molar-refractivity contribution in [3.63, 3.8) is 0 Å². The Labute approximate surface area is 120 Å². The van der Waals surface area contributed by atoms with Crippen LogP contribution in [0.5, 0.6) is 0 Å². The Kier molecular flexibility index (Phi) is 3.86. The van der Waals surface area contributed by atoms with Gasteiger partial charge in [0.15, 0.2) is 0 Å². The molecule has 1 saturated heterocycles. The van der Waals surface area contributed by atoms with E-state index in [0.717, 1.165) is 6.61 Å². The van der Waals surface area contributed by atoms with Gasteiger partial charge in [0.2, 0.25) is 0 Å². The molecule has 20 heavy (non-hydrogen) atoms. The van der Waals surface area contributed by atoms with Gasteiger partial charge in [-0.05, 0) is 18.1 Å². The number of epoxide rings is 1. The van der Waals surface area contributed by atoms with Gasteiger partial charge in [0.05, 0.1) is 19.8 Å². The fourth-order valence-electron chi connectivity index (χ4n) is 2.50. The van der Waals surface area contributed by atoms with E-state index in [1.807, 2.05) is 12.1 Å². The molecule has 0 bridgehead atoms.